The highest BCUT2D eigenvalue weighted by Gasteiger charge is 2.40. The Labute approximate surface area is 109 Å². The summed E-state index contributed by atoms with van der Waals surface area (Å²) in [6, 6.07) is 1.65. The van der Waals surface area contributed by atoms with Crippen molar-refractivity contribution < 1.29 is 22.4 Å². The second-order valence-corrected chi connectivity index (χ2v) is 4.88. The molecule has 18 heavy (non-hydrogen) atoms. The topological polar surface area (TPSA) is 20.3 Å². The second kappa shape index (κ2) is 4.53. The van der Waals surface area contributed by atoms with Crippen molar-refractivity contribution in [1.29, 1.82) is 0 Å². The molecular formula is C11H8BrF4NO. The average molecular weight is 326 g/mol. The van der Waals surface area contributed by atoms with Gasteiger partial charge in [-0.3, -0.25) is 4.79 Å². The summed E-state index contributed by atoms with van der Waals surface area (Å²) in [5.41, 5.74) is -0.272. The molecule has 98 valence electrons. The molecule has 2 nitrogen and oxygen atoms in total. The van der Waals surface area contributed by atoms with Crippen LogP contribution in [0.2, 0.25) is 0 Å². The fourth-order valence-electron chi connectivity index (χ4n) is 1.77. The van der Waals surface area contributed by atoms with Gasteiger partial charge in [0.1, 0.15) is 11.6 Å². The number of nitrogens with zero attached hydrogens (tertiary/aromatic N) is 1. The van der Waals surface area contributed by atoms with Crippen molar-refractivity contribution in [3.8, 4) is 0 Å². The highest BCUT2D eigenvalue weighted by atomic mass is 79.9. The summed E-state index contributed by atoms with van der Waals surface area (Å²) in [5, 5.41) is 0. The van der Waals surface area contributed by atoms with Crippen molar-refractivity contribution in [2.75, 3.05) is 13.1 Å². The molecular weight excluding hydrogens is 318 g/mol. The normalized spacial score (nSPS) is 18.2. The summed E-state index contributed by atoms with van der Waals surface area (Å²) in [5.74, 6) is -5.60. The zero-order chi connectivity index (χ0) is 13.5. The van der Waals surface area contributed by atoms with Gasteiger partial charge in [0, 0.05) is 18.5 Å². The van der Waals surface area contributed by atoms with E-state index in [2.05, 4.69) is 15.9 Å². The van der Waals surface area contributed by atoms with E-state index in [1.165, 1.54) is 0 Å². The summed E-state index contributed by atoms with van der Waals surface area (Å²) in [4.78, 5) is 12.7. The van der Waals surface area contributed by atoms with Gasteiger partial charge in [-0.2, -0.15) is 0 Å². The molecule has 1 heterocycles. The predicted octanol–water partition coefficient (Wildman–Crippen LogP) is 3.21. The summed E-state index contributed by atoms with van der Waals surface area (Å²) >= 11 is 2.67. The predicted molar refractivity (Wildman–Crippen MR) is 59.5 cm³/mol. The first kappa shape index (κ1) is 13.3. The Morgan fingerprint density at radius 1 is 1.28 bits per heavy atom. The maximum absolute atomic E-state index is 13.2. The number of likely N-dealkylation sites (tertiary alicyclic amines) is 1. The number of benzene rings is 1. The number of halogens is 5. The number of amides is 1. The van der Waals surface area contributed by atoms with Crippen LogP contribution in [0.5, 0.6) is 0 Å². The summed E-state index contributed by atoms with van der Waals surface area (Å²) in [6.45, 7) is -0.837. The quantitative estimate of drug-likeness (QED) is 0.573. The number of alkyl halides is 2. The van der Waals surface area contributed by atoms with Crippen LogP contribution in [0, 0.1) is 11.6 Å². The van der Waals surface area contributed by atoms with Crippen LogP contribution >= 0.6 is 15.9 Å². The van der Waals surface area contributed by atoms with E-state index in [4.69, 9.17) is 0 Å². The van der Waals surface area contributed by atoms with E-state index in [1.54, 1.807) is 0 Å². The smallest absolute Gasteiger partial charge is 0.267 e. The van der Waals surface area contributed by atoms with E-state index in [-0.39, 0.29) is 16.6 Å². The molecule has 0 N–H and O–H groups in total. The Hall–Kier alpha value is -1.11. The standard InChI is InChI=1S/C11H8BrF4NO/c12-9-7(13)3-6(4-8(9)14)10(18)17-2-1-11(15,16)5-17/h3-4H,1-2,5H2. The van der Waals surface area contributed by atoms with Crippen molar-refractivity contribution in [3.63, 3.8) is 0 Å². The van der Waals surface area contributed by atoms with Gasteiger partial charge in [0.15, 0.2) is 0 Å². The number of carbonyl (C=O) groups excluding carboxylic acids is 1. The molecule has 0 aromatic heterocycles. The monoisotopic (exact) mass is 325 g/mol. The Bertz CT molecular complexity index is 483. The Morgan fingerprint density at radius 3 is 2.28 bits per heavy atom. The molecule has 2 rings (SSSR count). The molecule has 1 aliphatic heterocycles. The van der Waals surface area contributed by atoms with Crippen molar-refractivity contribution in [3.05, 3.63) is 33.8 Å². The minimum atomic E-state index is -2.93. The second-order valence-electron chi connectivity index (χ2n) is 4.09. The molecule has 0 saturated carbocycles. The van der Waals surface area contributed by atoms with Crippen molar-refractivity contribution in [2.45, 2.75) is 12.3 Å². The lowest BCUT2D eigenvalue weighted by molar-refractivity contribution is 0.0120. The first-order valence-corrected chi connectivity index (χ1v) is 5.91. The van der Waals surface area contributed by atoms with Crippen molar-refractivity contribution >= 4 is 21.8 Å². The Balaban J connectivity index is 2.25. The number of rotatable bonds is 1. The minimum Gasteiger partial charge on any atom is -0.332 e. The van der Waals surface area contributed by atoms with Crippen LogP contribution in [-0.4, -0.2) is 29.8 Å². The summed E-state index contributed by atoms with van der Waals surface area (Å²) < 4.78 is 52.0. The van der Waals surface area contributed by atoms with Crippen LogP contribution in [0.25, 0.3) is 0 Å². The number of hydrogen-bond acceptors (Lipinski definition) is 1. The van der Waals surface area contributed by atoms with E-state index in [1.807, 2.05) is 0 Å². The van der Waals surface area contributed by atoms with Crippen LogP contribution < -0.4 is 0 Å². The van der Waals surface area contributed by atoms with Gasteiger partial charge in [-0.25, -0.2) is 17.6 Å². The maximum atomic E-state index is 13.2. The fraction of sp³-hybridized carbons (Fsp3) is 0.364. The highest BCUT2D eigenvalue weighted by molar-refractivity contribution is 9.10. The zero-order valence-corrected chi connectivity index (χ0v) is 10.6. The third kappa shape index (κ3) is 2.50. The van der Waals surface area contributed by atoms with Gasteiger partial charge in [0.2, 0.25) is 0 Å². The van der Waals surface area contributed by atoms with E-state index >= 15 is 0 Å². The van der Waals surface area contributed by atoms with Crippen LogP contribution in [-0.2, 0) is 0 Å². The van der Waals surface area contributed by atoms with Gasteiger partial charge < -0.3 is 4.90 Å². The molecule has 0 atom stereocenters. The van der Waals surface area contributed by atoms with Crippen molar-refractivity contribution in [2.24, 2.45) is 0 Å². The molecule has 0 bridgehead atoms. The third-order valence-corrected chi connectivity index (χ3v) is 3.45. The van der Waals surface area contributed by atoms with Crippen molar-refractivity contribution in [1.82, 2.24) is 4.90 Å². The highest BCUT2D eigenvalue weighted by Crippen LogP contribution is 2.29. The van der Waals surface area contributed by atoms with Crippen LogP contribution in [0.15, 0.2) is 16.6 Å². The summed E-state index contributed by atoms with van der Waals surface area (Å²) in [6.07, 6.45) is -0.430. The maximum Gasteiger partial charge on any atom is 0.267 e. The number of hydrogen-bond donors (Lipinski definition) is 0. The van der Waals surface area contributed by atoms with E-state index < -0.39 is 36.4 Å². The summed E-state index contributed by atoms with van der Waals surface area (Å²) in [7, 11) is 0. The van der Waals surface area contributed by atoms with Gasteiger partial charge in [0.05, 0.1) is 11.0 Å². The first-order valence-electron chi connectivity index (χ1n) is 5.12. The number of carbonyl (C=O) groups is 1. The SMILES string of the molecule is O=C(c1cc(F)c(Br)c(F)c1)N1CCC(F)(F)C1. The molecule has 1 aromatic rings. The first-order chi connectivity index (χ1) is 8.30. The average Bonchev–Trinajstić information content (AvgIpc) is 2.65. The van der Waals surface area contributed by atoms with Gasteiger partial charge in [0.25, 0.3) is 11.8 Å². The molecule has 1 fully saturated rings. The molecule has 1 amide bonds. The van der Waals surface area contributed by atoms with E-state index in [0.29, 0.717) is 0 Å². The Morgan fingerprint density at radius 2 is 1.83 bits per heavy atom. The minimum absolute atomic E-state index is 0.120. The van der Waals surface area contributed by atoms with Gasteiger partial charge in [-0.05, 0) is 28.1 Å². The largest absolute Gasteiger partial charge is 0.332 e. The van der Waals surface area contributed by atoms with Gasteiger partial charge in [-0.1, -0.05) is 0 Å². The fourth-order valence-corrected chi connectivity index (χ4v) is 2.00. The Kier molecular flexibility index (Phi) is 3.35. The van der Waals surface area contributed by atoms with E-state index in [0.717, 1.165) is 17.0 Å². The lowest BCUT2D eigenvalue weighted by atomic mass is 10.2. The van der Waals surface area contributed by atoms with Crippen LogP contribution in [0.3, 0.4) is 0 Å². The van der Waals surface area contributed by atoms with Gasteiger partial charge in [-0.15, -0.1) is 0 Å². The zero-order valence-electron chi connectivity index (χ0n) is 9.02. The molecule has 0 radical (unpaired) electrons. The molecule has 0 unspecified atom stereocenters. The van der Waals surface area contributed by atoms with E-state index in [9.17, 15) is 22.4 Å². The molecule has 7 heteroatoms. The third-order valence-electron chi connectivity index (χ3n) is 2.69. The molecule has 1 aromatic carbocycles. The van der Waals surface area contributed by atoms with Crippen LogP contribution in [0.4, 0.5) is 17.6 Å². The lowest BCUT2D eigenvalue weighted by Crippen LogP contribution is -2.31. The molecule has 0 aliphatic carbocycles. The molecule has 1 saturated heterocycles. The molecule has 0 spiro atoms. The van der Waals surface area contributed by atoms with Crippen LogP contribution in [0.1, 0.15) is 16.8 Å². The lowest BCUT2D eigenvalue weighted by Gasteiger charge is -2.16. The molecule has 1 aliphatic rings. The van der Waals surface area contributed by atoms with Gasteiger partial charge >= 0.3 is 0 Å².